The number of rotatable bonds is 6. The number of hydrogen-bond acceptors (Lipinski definition) is 4. The number of hydrogen-bond donors (Lipinski definition) is 1. The summed E-state index contributed by atoms with van der Waals surface area (Å²) >= 11 is 0.933. The number of amides is 1. The highest BCUT2D eigenvalue weighted by Gasteiger charge is 2.33. The van der Waals surface area contributed by atoms with Crippen molar-refractivity contribution < 1.29 is 22.7 Å². The van der Waals surface area contributed by atoms with Crippen LogP contribution in [0.4, 0.5) is 13.2 Å². The van der Waals surface area contributed by atoms with Crippen LogP contribution in [0.5, 0.6) is 0 Å². The van der Waals surface area contributed by atoms with Crippen molar-refractivity contribution in [2.75, 3.05) is 13.7 Å². The van der Waals surface area contributed by atoms with Gasteiger partial charge in [0.05, 0.1) is 11.6 Å². The third-order valence-corrected chi connectivity index (χ3v) is 3.94. The maximum atomic E-state index is 12.5. The molecule has 1 heterocycles. The van der Waals surface area contributed by atoms with Gasteiger partial charge in [0.1, 0.15) is 0 Å². The number of alkyl halides is 3. The molecular weight excluding hydrogens is 329 g/mol. The van der Waals surface area contributed by atoms with E-state index in [9.17, 15) is 18.0 Å². The minimum atomic E-state index is -4.43. The van der Waals surface area contributed by atoms with Gasteiger partial charge in [-0.05, 0) is 11.6 Å². The van der Waals surface area contributed by atoms with Gasteiger partial charge in [0.15, 0.2) is 5.69 Å². The molecule has 0 aliphatic rings. The van der Waals surface area contributed by atoms with Crippen molar-refractivity contribution in [2.24, 2.45) is 0 Å². The van der Waals surface area contributed by atoms with E-state index in [0.29, 0.717) is 17.2 Å². The van der Waals surface area contributed by atoms with Crippen LogP contribution in [0, 0.1) is 0 Å². The number of halogens is 3. The molecule has 2 aromatic rings. The molecule has 0 saturated carbocycles. The summed E-state index contributed by atoms with van der Waals surface area (Å²) in [6, 6.07) is 7.01. The zero-order valence-electron chi connectivity index (χ0n) is 12.3. The molecule has 124 valence electrons. The van der Waals surface area contributed by atoms with Crippen LogP contribution in [0.25, 0.3) is 0 Å². The Morgan fingerprint density at radius 3 is 2.74 bits per heavy atom. The molecule has 1 aromatic heterocycles. The van der Waals surface area contributed by atoms with Crippen molar-refractivity contribution in [1.82, 2.24) is 10.3 Å². The van der Waals surface area contributed by atoms with Crippen LogP contribution < -0.4 is 5.32 Å². The zero-order chi connectivity index (χ0) is 16.9. The van der Waals surface area contributed by atoms with Crippen LogP contribution in [-0.2, 0) is 23.9 Å². The van der Waals surface area contributed by atoms with E-state index in [1.807, 2.05) is 0 Å². The van der Waals surface area contributed by atoms with Crippen molar-refractivity contribution in [3.8, 4) is 0 Å². The lowest BCUT2D eigenvalue weighted by Crippen LogP contribution is -2.26. The average Bonchev–Trinajstić information content (AvgIpc) is 2.97. The molecule has 0 aliphatic heterocycles. The van der Waals surface area contributed by atoms with Gasteiger partial charge in [-0.1, -0.05) is 18.2 Å². The molecule has 4 nitrogen and oxygen atoms in total. The minimum Gasteiger partial charge on any atom is -0.380 e. The van der Waals surface area contributed by atoms with Crippen molar-refractivity contribution in [3.05, 3.63) is 51.5 Å². The minimum absolute atomic E-state index is 0.213. The lowest BCUT2D eigenvalue weighted by Gasteiger charge is -2.09. The van der Waals surface area contributed by atoms with Crippen molar-refractivity contribution in [1.29, 1.82) is 0 Å². The Morgan fingerprint density at radius 1 is 1.35 bits per heavy atom. The normalized spacial score (nSPS) is 11.5. The summed E-state index contributed by atoms with van der Waals surface area (Å²) in [6.45, 7) is 0.524. The van der Waals surface area contributed by atoms with Crippen LogP contribution in [0.1, 0.15) is 26.6 Å². The van der Waals surface area contributed by atoms with E-state index < -0.39 is 11.9 Å². The van der Waals surface area contributed by atoms with E-state index >= 15 is 0 Å². The van der Waals surface area contributed by atoms with Crippen molar-refractivity contribution in [3.63, 3.8) is 0 Å². The van der Waals surface area contributed by atoms with Crippen LogP contribution >= 0.6 is 11.3 Å². The number of carbonyl (C=O) groups excluding carboxylic acids is 1. The third-order valence-electron chi connectivity index (χ3n) is 3.03. The van der Waals surface area contributed by atoms with E-state index in [4.69, 9.17) is 4.74 Å². The second-order valence-corrected chi connectivity index (χ2v) is 5.66. The first-order chi connectivity index (χ1) is 10.9. The molecule has 8 heteroatoms. The first-order valence-electron chi connectivity index (χ1n) is 6.78. The monoisotopic (exact) mass is 344 g/mol. The Kier molecular flexibility index (Phi) is 5.73. The number of carbonyl (C=O) groups is 1. The summed E-state index contributed by atoms with van der Waals surface area (Å²) in [4.78, 5) is 15.7. The highest BCUT2D eigenvalue weighted by atomic mass is 32.1. The Bertz CT molecular complexity index is 671. The number of ether oxygens (including phenoxy) is 1. The molecule has 0 fully saturated rings. The van der Waals surface area contributed by atoms with E-state index in [1.54, 1.807) is 24.3 Å². The molecule has 0 bridgehead atoms. The lowest BCUT2D eigenvalue weighted by atomic mass is 10.1. The Hall–Kier alpha value is -1.93. The van der Waals surface area contributed by atoms with Crippen LogP contribution in [-0.4, -0.2) is 24.5 Å². The average molecular weight is 344 g/mol. The predicted octanol–water partition coefficient (Wildman–Crippen LogP) is 3.28. The molecule has 1 N–H and O–H groups in total. The number of nitrogens with zero attached hydrogens (tertiary/aromatic N) is 1. The predicted molar refractivity (Wildman–Crippen MR) is 80.3 cm³/mol. The quantitative estimate of drug-likeness (QED) is 0.875. The molecule has 0 spiro atoms. The van der Waals surface area contributed by atoms with Crippen molar-refractivity contribution in [2.45, 2.75) is 19.2 Å². The molecule has 1 aromatic carbocycles. The highest BCUT2D eigenvalue weighted by molar-refractivity contribution is 7.09. The van der Waals surface area contributed by atoms with Gasteiger partial charge in [-0.15, -0.1) is 11.3 Å². The van der Waals surface area contributed by atoms with E-state index in [1.165, 1.54) is 7.11 Å². The fourth-order valence-electron chi connectivity index (χ4n) is 1.96. The molecule has 0 atom stereocenters. The number of methoxy groups -OCH3 is 1. The third kappa shape index (κ3) is 4.77. The number of benzene rings is 1. The first-order valence-corrected chi connectivity index (χ1v) is 7.66. The summed E-state index contributed by atoms with van der Waals surface area (Å²) in [7, 11) is 1.54. The number of thiazole rings is 1. The van der Waals surface area contributed by atoms with Gasteiger partial charge >= 0.3 is 6.18 Å². The van der Waals surface area contributed by atoms with Gasteiger partial charge in [-0.25, -0.2) is 4.98 Å². The molecule has 0 radical (unpaired) electrons. The molecule has 0 unspecified atom stereocenters. The largest absolute Gasteiger partial charge is 0.434 e. The number of nitrogens with one attached hydrogen (secondary N) is 1. The van der Waals surface area contributed by atoms with Gasteiger partial charge in [0.25, 0.3) is 5.91 Å². The molecule has 0 saturated heterocycles. The summed E-state index contributed by atoms with van der Waals surface area (Å²) in [6.07, 6.45) is -4.18. The molecule has 2 rings (SSSR count). The van der Waals surface area contributed by atoms with Gasteiger partial charge in [0.2, 0.25) is 0 Å². The summed E-state index contributed by atoms with van der Waals surface area (Å²) < 4.78 is 42.4. The Labute approximate surface area is 135 Å². The van der Waals surface area contributed by atoms with E-state index in [2.05, 4.69) is 10.3 Å². The van der Waals surface area contributed by atoms with Crippen LogP contribution in [0.2, 0.25) is 0 Å². The SMILES string of the molecule is COCc1ccccc1C(=O)NCCc1nc(C(F)(F)F)cs1. The van der Waals surface area contributed by atoms with Gasteiger partial charge < -0.3 is 10.1 Å². The van der Waals surface area contributed by atoms with E-state index in [-0.39, 0.29) is 18.9 Å². The summed E-state index contributed by atoms with van der Waals surface area (Å²) in [5.74, 6) is -0.287. The molecular formula is C15H15F3N2O2S. The first kappa shape index (κ1) is 17.4. The maximum Gasteiger partial charge on any atom is 0.434 e. The van der Waals surface area contributed by atoms with Gasteiger partial charge in [-0.3, -0.25) is 4.79 Å². The maximum absolute atomic E-state index is 12.5. The molecule has 23 heavy (non-hydrogen) atoms. The van der Waals surface area contributed by atoms with Gasteiger partial charge in [-0.2, -0.15) is 13.2 Å². The fraction of sp³-hybridized carbons (Fsp3) is 0.333. The van der Waals surface area contributed by atoms with Crippen LogP contribution in [0.3, 0.4) is 0 Å². The Morgan fingerprint density at radius 2 is 2.09 bits per heavy atom. The molecule has 1 amide bonds. The zero-order valence-corrected chi connectivity index (χ0v) is 13.1. The smallest absolute Gasteiger partial charge is 0.380 e. The number of aromatic nitrogens is 1. The summed E-state index contributed by atoms with van der Waals surface area (Å²) in [5.41, 5.74) is 0.347. The topological polar surface area (TPSA) is 51.2 Å². The Balaban J connectivity index is 1.91. The fourth-order valence-corrected chi connectivity index (χ4v) is 2.76. The molecule has 0 aliphatic carbocycles. The van der Waals surface area contributed by atoms with Gasteiger partial charge in [0, 0.05) is 31.0 Å². The summed E-state index contributed by atoms with van der Waals surface area (Å²) in [5, 5.41) is 4.00. The second-order valence-electron chi connectivity index (χ2n) is 4.72. The standard InChI is InChI=1S/C15H15F3N2O2S/c1-22-8-10-4-2-3-5-11(10)14(21)19-7-6-13-20-12(9-23-13)15(16,17)18/h2-5,9H,6-8H2,1H3,(H,19,21). The highest BCUT2D eigenvalue weighted by Crippen LogP contribution is 2.30. The van der Waals surface area contributed by atoms with E-state index in [0.717, 1.165) is 22.3 Å². The van der Waals surface area contributed by atoms with Crippen molar-refractivity contribution >= 4 is 17.2 Å². The second kappa shape index (κ2) is 7.56. The lowest BCUT2D eigenvalue weighted by molar-refractivity contribution is -0.140. The van der Waals surface area contributed by atoms with Crippen LogP contribution in [0.15, 0.2) is 29.6 Å².